The summed E-state index contributed by atoms with van der Waals surface area (Å²) in [5, 5.41) is 20.6. The van der Waals surface area contributed by atoms with Gasteiger partial charge in [0.25, 0.3) is 5.91 Å². The molecule has 0 saturated carbocycles. The molecule has 110 valence electrons. The van der Waals surface area contributed by atoms with Gasteiger partial charge in [0.2, 0.25) is 0 Å². The van der Waals surface area contributed by atoms with Gasteiger partial charge in [-0.05, 0) is 43.9 Å². The molecule has 0 unspecified atom stereocenters. The first-order chi connectivity index (χ1) is 9.99. The number of aromatic carboxylic acids is 1. The summed E-state index contributed by atoms with van der Waals surface area (Å²) < 4.78 is 0. The lowest BCUT2D eigenvalue weighted by atomic mass is 9.91. The van der Waals surface area contributed by atoms with E-state index in [9.17, 15) is 14.4 Å². The second-order valence-electron chi connectivity index (χ2n) is 4.81. The van der Waals surface area contributed by atoms with Crippen LogP contribution in [0.25, 0.3) is 0 Å². The van der Waals surface area contributed by atoms with Crippen LogP contribution >= 0.6 is 0 Å². The monoisotopic (exact) mass is 289 g/mol. The van der Waals surface area contributed by atoms with E-state index in [1.54, 1.807) is 6.07 Å². The lowest BCUT2D eigenvalue weighted by Gasteiger charge is -2.17. The average molecular weight is 289 g/mol. The summed E-state index contributed by atoms with van der Waals surface area (Å²) >= 11 is 0. The van der Waals surface area contributed by atoms with Gasteiger partial charge in [0.1, 0.15) is 0 Å². The molecule has 0 aliphatic heterocycles. The molecule has 0 radical (unpaired) electrons. The van der Waals surface area contributed by atoms with E-state index in [-0.39, 0.29) is 16.7 Å². The molecule has 1 aliphatic carbocycles. The number of benzene rings is 1. The van der Waals surface area contributed by atoms with E-state index in [1.807, 2.05) is 0 Å². The Balaban J connectivity index is 2.23. The summed E-state index contributed by atoms with van der Waals surface area (Å²) in [5.74, 6) is -2.64. The fourth-order valence-corrected chi connectivity index (χ4v) is 2.33. The van der Waals surface area contributed by atoms with Crippen molar-refractivity contribution in [3.63, 3.8) is 0 Å². The van der Waals surface area contributed by atoms with Gasteiger partial charge >= 0.3 is 11.9 Å². The van der Waals surface area contributed by atoms with Gasteiger partial charge in [-0.2, -0.15) is 0 Å². The smallest absolute Gasteiger partial charge is 0.335 e. The highest BCUT2D eigenvalue weighted by Gasteiger charge is 2.23. The molecule has 1 amide bonds. The fraction of sp³-hybridized carbons (Fsp3) is 0.267. The quantitative estimate of drug-likeness (QED) is 0.788. The highest BCUT2D eigenvalue weighted by Crippen LogP contribution is 2.26. The Morgan fingerprint density at radius 3 is 2.24 bits per heavy atom. The first-order valence-corrected chi connectivity index (χ1v) is 6.59. The number of hydrogen-bond donors (Lipinski definition) is 3. The molecular formula is C15H15NO5. The molecule has 0 bridgehead atoms. The third kappa shape index (κ3) is 3.47. The maximum atomic E-state index is 12.2. The summed E-state index contributed by atoms with van der Waals surface area (Å²) in [7, 11) is 0. The average Bonchev–Trinajstić information content (AvgIpc) is 2.47. The van der Waals surface area contributed by atoms with E-state index in [0.29, 0.717) is 18.5 Å². The van der Waals surface area contributed by atoms with Crippen molar-refractivity contribution in [3.8, 4) is 0 Å². The predicted octanol–water partition coefficient (Wildman–Crippen LogP) is 2.28. The van der Waals surface area contributed by atoms with Crippen LogP contribution in [0.3, 0.4) is 0 Å². The highest BCUT2D eigenvalue weighted by atomic mass is 16.4. The second-order valence-corrected chi connectivity index (χ2v) is 4.81. The van der Waals surface area contributed by atoms with E-state index < -0.39 is 17.8 Å². The van der Waals surface area contributed by atoms with Crippen LogP contribution in [-0.2, 0) is 9.59 Å². The predicted molar refractivity (Wildman–Crippen MR) is 75.2 cm³/mol. The first-order valence-electron chi connectivity index (χ1n) is 6.59. The number of rotatable bonds is 4. The van der Waals surface area contributed by atoms with Crippen LogP contribution in [0, 0.1) is 0 Å². The molecule has 1 aromatic carbocycles. The third-order valence-electron chi connectivity index (χ3n) is 3.37. The molecule has 21 heavy (non-hydrogen) atoms. The first kappa shape index (κ1) is 14.8. The lowest BCUT2D eigenvalue weighted by molar-refractivity contribution is -0.133. The molecular weight excluding hydrogens is 274 g/mol. The summed E-state index contributed by atoms with van der Waals surface area (Å²) in [6, 6.07) is 5.84. The molecule has 6 nitrogen and oxygen atoms in total. The number of carbonyl (C=O) groups excluding carboxylic acids is 1. The molecule has 0 heterocycles. The number of aliphatic carboxylic acids is 1. The number of amides is 1. The van der Waals surface area contributed by atoms with Gasteiger partial charge in [0.05, 0.1) is 5.56 Å². The maximum absolute atomic E-state index is 12.2. The topological polar surface area (TPSA) is 104 Å². The Labute approximate surface area is 121 Å². The zero-order valence-corrected chi connectivity index (χ0v) is 11.3. The van der Waals surface area contributed by atoms with E-state index in [0.717, 1.165) is 12.8 Å². The minimum atomic E-state index is -1.09. The van der Waals surface area contributed by atoms with Crippen LogP contribution < -0.4 is 5.32 Å². The van der Waals surface area contributed by atoms with E-state index in [2.05, 4.69) is 5.32 Å². The van der Waals surface area contributed by atoms with Crippen molar-refractivity contribution in [2.75, 3.05) is 5.32 Å². The summed E-state index contributed by atoms with van der Waals surface area (Å²) in [4.78, 5) is 34.2. The summed E-state index contributed by atoms with van der Waals surface area (Å²) in [6.45, 7) is 0. The zero-order valence-electron chi connectivity index (χ0n) is 11.3. The molecule has 1 aromatic rings. The van der Waals surface area contributed by atoms with Crippen molar-refractivity contribution in [1.29, 1.82) is 0 Å². The molecule has 6 heteroatoms. The largest absolute Gasteiger partial charge is 0.478 e. The standard InChI is InChI=1S/C15H15NO5/c17-13(11-6-1-2-7-12(11)15(20)21)16-10-5-3-4-9(8-10)14(18)19/h3-5,8H,1-2,6-7H2,(H,16,17)(H,18,19)(H,20,21). The van der Waals surface area contributed by atoms with Gasteiger partial charge in [-0.15, -0.1) is 0 Å². The van der Waals surface area contributed by atoms with Crippen molar-refractivity contribution in [1.82, 2.24) is 0 Å². The second kappa shape index (κ2) is 6.21. The highest BCUT2D eigenvalue weighted by molar-refractivity contribution is 6.09. The molecule has 0 aromatic heterocycles. The van der Waals surface area contributed by atoms with Crippen LogP contribution in [0.5, 0.6) is 0 Å². The number of carboxylic acid groups (broad SMARTS) is 2. The van der Waals surface area contributed by atoms with E-state index in [4.69, 9.17) is 10.2 Å². The number of carboxylic acids is 2. The minimum Gasteiger partial charge on any atom is -0.478 e. The SMILES string of the molecule is O=C(O)C1=C(C(=O)Nc2cccc(C(=O)O)c2)CCCC1. The Morgan fingerprint density at radius 2 is 1.62 bits per heavy atom. The van der Waals surface area contributed by atoms with Gasteiger partial charge in [-0.25, -0.2) is 9.59 Å². The van der Waals surface area contributed by atoms with E-state index in [1.165, 1.54) is 18.2 Å². The van der Waals surface area contributed by atoms with Crippen LogP contribution in [0.2, 0.25) is 0 Å². The number of anilines is 1. The lowest BCUT2D eigenvalue weighted by Crippen LogP contribution is -2.21. The summed E-state index contributed by atoms with van der Waals surface area (Å²) in [5.41, 5.74) is 0.814. The van der Waals surface area contributed by atoms with E-state index >= 15 is 0 Å². The van der Waals surface area contributed by atoms with Crippen LogP contribution in [0.1, 0.15) is 36.0 Å². The van der Waals surface area contributed by atoms with Crippen LogP contribution in [-0.4, -0.2) is 28.1 Å². The normalized spacial score (nSPS) is 14.7. The minimum absolute atomic E-state index is 0.0591. The van der Waals surface area contributed by atoms with Crippen LogP contribution in [0.4, 0.5) is 5.69 Å². The third-order valence-corrected chi connectivity index (χ3v) is 3.37. The Kier molecular flexibility index (Phi) is 4.37. The zero-order chi connectivity index (χ0) is 15.4. The van der Waals surface area contributed by atoms with Crippen molar-refractivity contribution >= 4 is 23.5 Å². The molecule has 0 fully saturated rings. The van der Waals surface area contributed by atoms with Gasteiger partial charge in [-0.3, -0.25) is 4.79 Å². The summed E-state index contributed by atoms with van der Waals surface area (Å²) in [6.07, 6.45) is 2.33. The molecule has 3 N–H and O–H groups in total. The van der Waals surface area contributed by atoms with Gasteiger partial charge in [-0.1, -0.05) is 6.07 Å². The fourth-order valence-electron chi connectivity index (χ4n) is 2.33. The Bertz CT molecular complexity index is 633. The maximum Gasteiger partial charge on any atom is 0.335 e. The van der Waals surface area contributed by atoms with Crippen molar-refractivity contribution in [3.05, 3.63) is 41.0 Å². The Hall–Kier alpha value is -2.63. The van der Waals surface area contributed by atoms with Crippen LogP contribution in [0.15, 0.2) is 35.4 Å². The molecule has 2 rings (SSSR count). The van der Waals surface area contributed by atoms with Gasteiger partial charge < -0.3 is 15.5 Å². The molecule has 1 aliphatic rings. The van der Waals surface area contributed by atoms with Gasteiger partial charge in [0.15, 0.2) is 0 Å². The van der Waals surface area contributed by atoms with Crippen molar-refractivity contribution < 1.29 is 24.6 Å². The Morgan fingerprint density at radius 1 is 0.952 bits per heavy atom. The van der Waals surface area contributed by atoms with Crippen molar-refractivity contribution in [2.45, 2.75) is 25.7 Å². The number of hydrogen-bond acceptors (Lipinski definition) is 3. The molecule has 0 saturated heterocycles. The number of nitrogens with one attached hydrogen (secondary N) is 1. The number of carbonyl (C=O) groups is 3. The molecule has 0 spiro atoms. The van der Waals surface area contributed by atoms with Gasteiger partial charge in [0, 0.05) is 16.8 Å². The van der Waals surface area contributed by atoms with Crippen molar-refractivity contribution in [2.24, 2.45) is 0 Å². The molecule has 0 atom stereocenters.